The molecular weight excluding hydrogens is 208 g/mol. The molecule has 1 heterocycles. The molecule has 0 unspecified atom stereocenters. The summed E-state index contributed by atoms with van der Waals surface area (Å²) in [5.41, 5.74) is 0. The first-order valence-electron chi connectivity index (χ1n) is 6.21. The first kappa shape index (κ1) is 13.9. The molecule has 0 aromatic rings. The van der Waals surface area contributed by atoms with Gasteiger partial charge in [0.25, 0.3) is 0 Å². The molecule has 96 valence electrons. The Labute approximate surface area is 98.2 Å². The van der Waals surface area contributed by atoms with E-state index in [4.69, 9.17) is 18.9 Å². The monoisotopic (exact) mass is 232 g/mol. The first-order chi connectivity index (χ1) is 7.70. The van der Waals surface area contributed by atoms with Crippen molar-refractivity contribution in [3.63, 3.8) is 0 Å². The molecule has 0 N–H and O–H groups in total. The van der Waals surface area contributed by atoms with Crippen molar-refractivity contribution < 1.29 is 18.9 Å². The van der Waals surface area contributed by atoms with Gasteiger partial charge in [-0.25, -0.2) is 0 Å². The molecule has 0 atom stereocenters. The van der Waals surface area contributed by atoms with E-state index in [9.17, 15) is 0 Å². The highest BCUT2D eigenvalue weighted by Gasteiger charge is 2.30. The Morgan fingerprint density at radius 3 is 2.19 bits per heavy atom. The van der Waals surface area contributed by atoms with Crippen LogP contribution >= 0.6 is 0 Å². The maximum Gasteiger partial charge on any atom is 0.165 e. The molecule has 4 heteroatoms. The van der Waals surface area contributed by atoms with Gasteiger partial charge < -0.3 is 18.9 Å². The van der Waals surface area contributed by atoms with Gasteiger partial charge in [0, 0.05) is 19.6 Å². The standard InChI is InChI=1S/C12H24O4/c1-4-13-11(14-5-2)7-6-8-12(3)15-9-10-16-12/h11H,4-10H2,1-3H3. The zero-order chi connectivity index (χ0) is 11.9. The van der Waals surface area contributed by atoms with Gasteiger partial charge in [-0.05, 0) is 33.6 Å². The van der Waals surface area contributed by atoms with Crippen molar-refractivity contribution in [2.45, 2.75) is 52.1 Å². The Morgan fingerprint density at radius 2 is 1.69 bits per heavy atom. The van der Waals surface area contributed by atoms with E-state index >= 15 is 0 Å². The lowest BCUT2D eigenvalue weighted by molar-refractivity contribution is -0.161. The van der Waals surface area contributed by atoms with Crippen LogP contribution in [0.15, 0.2) is 0 Å². The summed E-state index contributed by atoms with van der Waals surface area (Å²) in [6, 6.07) is 0. The molecule has 1 rings (SSSR count). The Kier molecular flexibility index (Phi) is 6.28. The van der Waals surface area contributed by atoms with E-state index in [1.807, 2.05) is 20.8 Å². The summed E-state index contributed by atoms with van der Waals surface area (Å²) in [7, 11) is 0. The van der Waals surface area contributed by atoms with Crippen molar-refractivity contribution in [1.29, 1.82) is 0 Å². The molecule has 4 nitrogen and oxygen atoms in total. The topological polar surface area (TPSA) is 36.9 Å². The van der Waals surface area contributed by atoms with Crippen LogP contribution in [0.1, 0.15) is 40.0 Å². The Hall–Kier alpha value is -0.160. The van der Waals surface area contributed by atoms with Crippen LogP contribution in [0.25, 0.3) is 0 Å². The Balaban J connectivity index is 2.16. The quantitative estimate of drug-likeness (QED) is 0.602. The van der Waals surface area contributed by atoms with E-state index in [-0.39, 0.29) is 12.1 Å². The van der Waals surface area contributed by atoms with E-state index in [0.717, 1.165) is 19.3 Å². The Morgan fingerprint density at radius 1 is 1.12 bits per heavy atom. The van der Waals surface area contributed by atoms with Crippen molar-refractivity contribution in [2.75, 3.05) is 26.4 Å². The fourth-order valence-corrected chi connectivity index (χ4v) is 1.88. The van der Waals surface area contributed by atoms with Gasteiger partial charge in [0.15, 0.2) is 12.1 Å². The second-order valence-electron chi connectivity index (χ2n) is 4.06. The minimum absolute atomic E-state index is 0.0833. The van der Waals surface area contributed by atoms with E-state index in [2.05, 4.69) is 0 Å². The van der Waals surface area contributed by atoms with Crippen LogP contribution in [0.3, 0.4) is 0 Å². The van der Waals surface area contributed by atoms with Gasteiger partial charge in [-0.15, -0.1) is 0 Å². The molecule has 1 fully saturated rings. The predicted octanol–water partition coefficient (Wildman–Crippen LogP) is 2.32. The highest BCUT2D eigenvalue weighted by atomic mass is 16.7. The smallest absolute Gasteiger partial charge is 0.165 e. The largest absolute Gasteiger partial charge is 0.353 e. The number of hydrogen-bond acceptors (Lipinski definition) is 4. The molecule has 0 aliphatic carbocycles. The summed E-state index contributed by atoms with van der Waals surface area (Å²) in [4.78, 5) is 0. The van der Waals surface area contributed by atoms with Gasteiger partial charge in [-0.1, -0.05) is 0 Å². The lowest BCUT2D eigenvalue weighted by atomic mass is 10.1. The van der Waals surface area contributed by atoms with Crippen LogP contribution in [0.5, 0.6) is 0 Å². The minimum atomic E-state index is -0.386. The van der Waals surface area contributed by atoms with E-state index < -0.39 is 0 Å². The molecule has 0 aromatic carbocycles. The van der Waals surface area contributed by atoms with Crippen LogP contribution in [0.2, 0.25) is 0 Å². The molecule has 1 aliphatic rings. The molecule has 0 radical (unpaired) electrons. The van der Waals surface area contributed by atoms with Gasteiger partial charge in [0.2, 0.25) is 0 Å². The average molecular weight is 232 g/mol. The number of rotatable bonds is 8. The number of hydrogen-bond donors (Lipinski definition) is 0. The molecule has 16 heavy (non-hydrogen) atoms. The molecule has 0 spiro atoms. The Bertz CT molecular complexity index is 172. The van der Waals surface area contributed by atoms with Crippen molar-refractivity contribution in [3.8, 4) is 0 Å². The normalized spacial score (nSPS) is 19.5. The molecule has 0 bridgehead atoms. The molecule has 0 amide bonds. The molecule has 0 aromatic heterocycles. The second kappa shape index (κ2) is 7.22. The number of ether oxygens (including phenoxy) is 4. The maximum atomic E-state index is 5.54. The summed E-state index contributed by atoms with van der Waals surface area (Å²) < 4.78 is 22.0. The third kappa shape index (κ3) is 4.78. The third-order valence-corrected chi connectivity index (χ3v) is 2.67. The summed E-state index contributed by atoms with van der Waals surface area (Å²) in [5.74, 6) is -0.386. The van der Waals surface area contributed by atoms with Gasteiger partial charge in [-0.2, -0.15) is 0 Å². The summed E-state index contributed by atoms with van der Waals surface area (Å²) in [6.45, 7) is 8.75. The van der Waals surface area contributed by atoms with Gasteiger partial charge >= 0.3 is 0 Å². The zero-order valence-electron chi connectivity index (χ0n) is 10.7. The van der Waals surface area contributed by atoms with Crippen LogP contribution in [-0.4, -0.2) is 38.5 Å². The van der Waals surface area contributed by atoms with Crippen molar-refractivity contribution in [2.24, 2.45) is 0 Å². The van der Waals surface area contributed by atoms with E-state index in [1.165, 1.54) is 0 Å². The molecule has 1 aliphatic heterocycles. The van der Waals surface area contributed by atoms with Crippen LogP contribution in [0.4, 0.5) is 0 Å². The maximum absolute atomic E-state index is 5.54. The highest BCUT2D eigenvalue weighted by molar-refractivity contribution is 4.68. The van der Waals surface area contributed by atoms with Gasteiger partial charge in [0.1, 0.15) is 0 Å². The van der Waals surface area contributed by atoms with Crippen LogP contribution < -0.4 is 0 Å². The minimum Gasteiger partial charge on any atom is -0.353 e. The average Bonchev–Trinajstić information content (AvgIpc) is 2.66. The SMILES string of the molecule is CCOC(CCCC1(C)OCCO1)OCC. The van der Waals surface area contributed by atoms with E-state index in [1.54, 1.807) is 0 Å². The fraction of sp³-hybridized carbons (Fsp3) is 1.00. The lowest BCUT2D eigenvalue weighted by Gasteiger charge is -2.23. The zero-order valence-corrected chi connectivity index (χ0v) is 10.7. The predicted molar refractivity (Wildman–Crippen MR) is 61.2 cm³/mol. The molecule has 1 saturated heterocycles. The summed E-state index contributed by atoms with van der Waals surface area (Å²) in [5, 5.41) is 0. The summed E-state index contributed by atoms with van der Waals surface area (Å²) >= 11 is 0. The summed E-state index contributed by atoms with van der Waals surface area (Å²) in [6.07, 6.45) is 2.69. The third-order valence-electron chi connectivity index (χ3n) is 2.67. The van der Waals surface area contributed by atoms with Crippen molar-refractivity contribution >= 4 is 0 Å². The highest BCUT2D eigenvalue weighted by Crippen LogP contribution is 2.25. The molecular formula is C12H24O4. The van der Waals surface area contributed by atoms with Crippen LogP contribution in [0, 0.1) is 0 Å². The second-order valence-corrected chi connectivity index (χ2v) is 4.06. The molecule has 0 saturated carbocycles. The lowest BCUT2D eigenvalue weighted by Crippen LogP contribution is -2.26. The van der Waals surface area contributed by atoms with Gasteiger partial charge in [0.05, 0.1) is 13.2 Å². The van der Waals surface area contributed by atoms with Crippen molar-refractivity contribution in [1.82, 2.24) is 0 Å². The fourth-order valence-electron chi connectivity index (χ4n) is 1.88. The first-order valence-corrected chi connectivity index (χ1v) is 6.21. The van der Waals surface area contributed by atoms with Crippen LogP contribution in [-0.2, 0) is 18.9 Å². The van der Waals surface area contributed by atoms with E-state index in [0.29, 0.717) is 26.4 Å². The van der Waals surface area contributed by atoms with Crippen molar-refractivity contribution in [3.05, 3.63) is 0 Å². The van der Waals surface area contributed by atoms with Gasteiger partial charge in [-0.3, -0.25) is 0 Å².